The van der Waals surface area contributed by atoms with E-state index in [9.17, 15) is 0 Å². The number of nitrogens with one attached hydrogen (secondary N) is 3. The number of benzene rings is 2. The molecule has 0 spiro atoms. The molecule has 0 saturated carbocycles. The highest BCUT2D eigenvalue weighted by atomic mass is 16.5. The third-order valence-corrected chi connectivity index (χ3v) is 4.57. The zero-order valence-corrected chi connectivity index (χ0v) is 16.4. The predicted molar refractivity (Wildman–Crippen MR) is 113 cm³/mol. The Labute approximate surface area is 161 Å². The van der Waals surface area contributed by atoms with E-state index in [1.807, 2.05) is 12.1 Å². The molecule has 0 aliphatic carbocycles. The highest BCUT2D eigenvalue weighted by Gasteiger charge is 2.07. The number of H-pyrrole nitrogens is 1. The van der Waals surface area contributed by atoms with Gasteiger partial charge >= 0.3 is 0 Å². The molecule has 5 nitrogen and oxygen atoms in total. The van der Waals surface area contributed by atoms with E-state index in [1.54, 1.807) is 0 Å². The summed E-state index contributed by atoms with van der Waals surface area (Å²) in [5.41, 5.74) is 2.19. The second kappa shape index (κ2) is 10.2. The molecule has 3 N–H and O–H groups in total. The lowest BCUT2D eigenvalue weighted by Crippen LogP contribution is -2.16. The van der Waals surface area contributed by atoms with Gasteiger partial charge in [-0.05, 0) is 63.3 Å². The summed E-state index contributed by atoms with van der Waals surface area (Å²) < 4.78 is 11.8. The molecular weight excluding hydrogens is 338 g/mol. The first kappa shape index (κ1) is 19.5. The average Bonchev–Trinajstić information content (AvgIpc) is 3.04. The Balaban J connectivity index is 1.64. The topological polar surface area (TPSA) is 58.3 Å². The fourth-order valence-corrected chi connectivity index (χ4v) is 3.18. The number of fused-ring (bicyclic) bond motifs is 3. The molecule has 27 heavy (non-hydrogen) atoms. The van der Waals surface area contributed by atoms with Gasteiger partial charge in [0.25, 0.3) is 0 Å². The van der Waals surface area contributed by atoms with E-state index in [2.05, 4.69) is 53.7 Å². The van der Waals surface area contributed by atoms with Crippen molar-refractivity contribution in [2.75, 3.05) is 39.4 Å². The van der Waals surface area contributed by atoms with Crippen LogP contribution >= 0.6 is 0 Å². The smallest absolute Gasteiger partial charge is 0.121 e. The van der Waals surface area contributed by atoms with Gasteiger partial charge in [0.1, 0.15) is 11.5 Å². The van der Waals surface area contributed by atoms with Gasteiger partial charge in [-0.15, -0.1) is 0 Å². The lowest BCUT2D eigenvalue weighted by Gasteiger charge is -2.06. The molecule has 0 unspecified atom stereocenters. The number of aromatic nitrogens is 1. The Morgan fingerprint density at radius 1 is 0.741 bits per heavy atom. The first-order chi connectivity index (χ1) is 13.3. The quantitative estimate of drug-likeness (QED) is 0.421. The van der Waals surface area contributed by atoms with Crippen molar-refractivity contribution in [3.05, 3.63) is 36.4 Å². The Hall–Kier alpha value is -2.24. The van der Waals surface area contributed by atoms with Crippen molar-refractivity contribution < 1.29 is 9.47 Å². The zero-order chi connectivity index (χ0) is 18.9. The SMILES string of the molecule is CCNCCCOc1ccc2c(c1)[nH]c1cc(OCCCNCC)ccc12. The molecule has 0 bridgehead atoms. The molecule has 1 heterocycles. The van der Waals surface area contributed by atoms with Gasteiger partial charge in [-0.25, -0.2) is 0 Å². The molecule has 0 radical (unpaired) electrons. The maximum absolute atomic E-state index is 5.88. The molecule has 5 heteroatoms. The molecule has 0 fully saturated rings. The van der Waals surface area contributed by atoms with Crippen LogP contribution in [-0.4, -0.2) is 44.4 Å². The van der Waals surface area contributed by atoms with E-state index in [4.69, 9.17) is 9.47 Å². The minimum atomic E-state index is 0.726. The van der Waals surface area contributed by atoms with Crippen molar-refractivity contribution in [3.8, 4) is 11.5 Å². The van der Waals surface area contributed by atoms with Gasteiger partial charge < -0.3 is 25.1 Å². The van der Waals surface area contributed by atoms with Crippen LogP contribution in [0.1, 0.15) is 26.7 Å². The van der Waals surface area contributed by atoms with Crippen LogP contribution in [0.25, 0.3) is 21.8 Å². The summed E-state index contributed by atoms with van der Waals surface area (Å²) in [5.74, 6) is 1.82. The largest absolute Gasteiger partial charge is 0.493 e. The normalized spacial score (nSPS) is 11.3. The summed E-state index contributed by atoms with van der Waals surface area (Å²) >= 11 is 0. The lowest BCUT2D eigenvalue weighted by molar-refractivity contribution is 0.309. The van der Waals surface area contributed by atoms with E-state index >= 15 is 0 Å². The Morgan fingerprint density at radius 3 is 1.67 bits per heavy atom. The highest BCUT2D eigenvalue weighted by molar-refractivity contribution is 6.07. The minimum Gasteiger partial charge on any atom is -0.493 e. The third kappa shape index (κ3) is 5.37. The molecule has 3 aromatic rings. The van der Waals surface area contributed by atoms with E-state index in [1.165, 1.54) is 10.8 Å². The van der Waals surface area contributed by atoms with Crippen LogP contribution in [0.4, 0.5) is 0 Å². The van der Waals surface area contributed by atoms with Crippen molar-refractivity contribution in [2.24, 2.45) is 0 Å². The highest BCUT2D eigenvalue weighted by Crippen LogP contribution is 2.30. The molecule has 2 aromatic carbocycles. The van der Waals surface area contributed by atoms with Gasteiger partial charge in [0.2, 0.25) is 0 Å². The van der Waals surface area contributed by atoms with Crippen LogP contribution in [0.2, 0.25) is 0 Å². The van der Waals surface area contributed by atoms with Gasteiger partial charge in [-0.3, -0.25) is 0 Å². The van der Waals surface area contributed by atoms with Crippen molar-refractivity contribution in [3.63, 3.8) is 0 Å². The Bertz CT molecular complexity index is 776. The van der Waals surface area contributed by atoms with E-state index < -0.39 is 0 Å². The van der Waals surface area contributed by atoms with Crippen LogP contribution in [0, 0.1) is 0 Å². The summed E-state index contributed by atoms with van der Waals surface area (Å²) in [6.07, 6.45) is 2.01. The number of hydrogen-bond acceptors (Lipinski definition) is 4. The van der Waals surface area contributed by atoms with Crippen molar-refractivity contribution in [1.29, 1.82) is 0 Å². The molecule has 0 amide bonds. The molecule has 0 aliphatic rings. The summed E-state index contributed by atoms with van der Waals surface area (Å²) in [6, 6.07) is 12.5. The van der Waals surface area contributed by atoms with Crippen LogP contribution in [0.3, 0.4) is 0 Å². The predicted octanol–water partition coefficient (Wildman–Crippen LogP) is 4.08. The van der Waals surface area contributed by atoms with Gasteiger partial charge in [0.15, 0.2) is 0 Å². The summed E-state index contributed by atoms with van der Waals surface area (Å²) in [6.45, 7) is 9.67. The standard InChI is InChI=1S/C22H31N3O2/c1-3-23-11-5-13-26-17-7-9-19-20-10-8-18(27-14-6-12-24-4-2)16-22(20)25-21(19)15-17/h7-10,15-16,23-25H,3-6,11-14H2,1-2H3. The maximum Gasteiger partial charge on any atom is 0.121 e. The van der Waals surface area contributed by atoms with E-state index in [0.717, 1.165) is 74.8 Å². The van der Waals surface area contributed by atoms with Crippen LogP contribution in [0.5, 0.6) is 11.5 Å². The van der Waals surface area contributed by atoms with Crippen molar-refractivity contribution in [2.45, 2.75) is 26.7 Å². The fourth-order valence-electron chi connectivity index (χ4n) is 3.18. The number of aromatic amines is 1. The van der Waals surface area contributed by atoms with Crippen LogP contribution in [0.15, 0.2) is 36.4 Å². The molecule has 3 rings (SSSR count). The molecule has 0 saturated heterocycles. The van der Waals surface area contributed by atoms with Gasteiger partial charge in [0, 0.05) is 22.9 Å². The van der Waals surface area contributed by atoms with Crippen molar-refractivity contribution in [1.82, 2.24) is 15.6 Å². The maximum atomic E-state index is 5.88. The van der Waals surface area contributed by atoms with E-state index in [0.29, 0.717) is 0 Å². The molecule has 146 valence electrons. The monoisotopic (exact) mass is 369 g/mol. The first-order valence-corrected chi connectivity index (χ1v) is 10.0. The third-order valence-electron chi connectivity index (χ3n) is 4.57. The fraction of sp³-hybridized carbons (Fsp3) is 0.455. The van der Waals surface area contributed by atoms with Gasteiger partial charge in [-0.1, -0.05) is 13.8 Å². The Morgan fingerprint density at radius 2 is 1.22 bits per heavy atom. The number of hydrogen-bond donors (Lipinski definition) is 3. The zero-order valence-electron chi connectivity index (χ0n) is 16.4. The van der Waals surface area contributed by atoms with Crippen LogP contribution in [-0.2, 0) is 0 Å². The van der Waals surface area contributed by atoms with Gasteiger partial charge in [0.05, 0.1) is 24.2 Å². The number of rotatable bonds is 12. The summed E-state index contributed by atoms with van der Waals surface area (Å²) in [4.78, 5) is 3.50. The second-order valence-corrected chi connectivity index (χ2v) is 6.65. The first-order valence-electron chi connectivity index (χ1n) is 10.0. The van der Waals surface area contributed by atoms with Gasteiger partial charge in [-0.2, -0.15) is 0 Å². The second-order valence-electron chi connectivity index (χ2n) is 6.65. The molecular formula is C22H31N3O2. The Kier molecular flexibility index (Phi) is 7.36. The lowest BCUT2D eigenvalue weighted by atomic mass is 10.1. The average molecular weight is 370 g/mol. The summed E-state index contributed by atoms with van der Waals surface area (Å²) in [7, 11) is 0. The molecule has 1 aromatic heterocycles. The van der Waals surface area contributed by atoms with Crippen molar-refractivity contribution >= 4 is 21.8 Å². The molecule has 0 atom stereocenters. The minimum absolute atomic E-state index is 0.726. The molecule has 0 aliphatic heterocycles. The van der Waals surface area contributed by atoms with Crippen LogP contribution < -0.4 is 20.1 Å². The van der Waals surface area contributed by atoms with E-state index in [-0.39, 0.29) is 0 Å². The summed E-state index contributed by atoms with van der Waals surface area (Å²) in [5, 5.41) is 9.04. The number of ether oxygens (including phenoxy) is 2.